The van der Waals surface area contributed by atoms with E-state index in [9.17, 15) is 58.8 Å². The van der Waals surface area contributed by atoms with Crippen molar-refractivity contribution in [1.82, 2.24) is 36.4 Å². The molecule has 3 rings (SSSR count). The average molecular weight is 1050 g/mol. The number of phenols is 2. The van der Waals surface area contributed by atoms with E-state index in [1.54, 1.807) is 71.9 Å². The number of cyclic esters (lactones) is 1. The van der Waals surface area contributed by atoms with E-state index in [1.807, 2.05) is 6.08 Å². The topological polar surface area (TPSA) is 293 Å². The molecule has 8 atom stereocenters. The molecule has 0 fully saturated rings. The minimum Gasteiger partial charge on any atom is -0.508 e. The third-order valence-electron chi connectivity index (χ3n) is 12.9. The molecule has 7 amide bonds. The number of nitrogens with one attached hydrogen (secondary N) is 5. The standard InChI is InChI=1S/C55H81N7O13/c1-10-11-12-13-14-15-16-17-45(67)57-41(28-36-18-23-39(64)24-19-36)51(70)60-49(34(4)5)53(72)58-42(31-63)44(66)30-46(68)59-48(33(2)3)52(71)56-38-22-27-47(69)62(9)50(35(6)7)54(73)61(8)43(55(74)75-32-38)29-37-20-25-40(65)26-21-37/h15-16,18-27,33-35,38,41-44,48-50,63-66H,10-14,17,28-32H2,1-9H3,(H,56,71)(H,57,67)(H,58,72)(H,59,68)(H,60,70)/b16-15-,27-22+/t38-,41+,42+,43+,44+,48+,49+,50+/m1/s1. The number of rotatable bonds is 26. The summed E-state index contributed by atoms with van der Waals surface area (Å²) in [6, 6.07) is 3.92. The van der Waals surface area contributed by atoms with Gasteiger partial charge in [-0.2, -0.15) is 0 Å². The maximum Gasteiger partial charge on any atom is 0.329 e. The van der Waals surface area contributed by atoms with Gasteiger partial charge >= 0.3 is 5.97 Å². The number of unbranched alkanes of at least 4 members (excludes halogenated alkanes) is 4. The molecule has 1 aliphatic heterocycles. The van der Waals surface area contributed by atoms with Crippen molar-refractivity contribution in [3.8, 4) is 11.5 Å². The SMILES string of the molecule is CCCCCC/C=C\CC(=O)N[C@@H](Cc1ccc(O)cc1)C(=O)N[C@H](C(=O)N[C@@H](CO)[C@@H](O)CC(=O)N[C@H](C(=O)N[C@@H]1/C=C/C(=O)N(C)[C@@H](C(C)C)C(=O)N(C)[C@@H](Cc2ccc(O)cc2)C(=O)OC1)C(C)C)C(C)C. The molecule has 0 unspecified atom stereocenters. The van der Waals surface area contributed by atoms with Crippen LogP contribution < -0.4 is 26.6 Å². The Morgan fingerprint density at radius 3 is 1.91 bits per heavy atom. The van der Waals surface area contributed by atoms with Crippen LogP contribution in [-0.2, 0) is 55.9 Å². The van der Waals surface area contributed by atoms with Crippen LogP contribution in [0.4, 0.5) is 0 Å². The van der Waals surface area contributed by atoms with E-state index in [0.29, 0.717) is 11.1 Å². The number of allylic oxidation sites excluding steroid dienone is 1. The van der Waals surface area contributed by atoms with Crippen LogP contribution in [0.15, 0.2) is 72.8 Å². The van der Waals surface area contributed by atoms with Gasteiger partial charge in [0.05, 0.1) is 31.2 Å². The largest absolute Gasteiger partial charge is 0.508 e. The first-order valence-electron chi connectivity index (χ1n) is 25.9. The van der Waals surface area contributed by atoms with Gasteiger partial charge in [0.2, 0.25) is 41.4 Å². The molecule has 414 valence electrons. The number of amides is 7. The molecule has 20 heteroatoms. The summed E-state index contributed by atoms with van der Waals surface area (Å²) in [5.41, 5.74) is 1.23. The van der Waals surface area contributed by atoms with Gasteiger partial charge in [-0.05, 0) is 66.0 Å². The van der Waals surface area contributed by atoms with Crippen LogP contribution in [0.2, 0.25) is 0 Å². The maximum atomic E-state index is 13.9. The van der Waals surface area contributed by atoms with E-state index >= 15 is 0 Å². The highest BCUT2D eigenvalue weighted by Gasteiger charge is 2.38. The number of esters is 1. The summed E-state index contributed by atoms with van der Waals surface area (Å²) in [7, 11) is 2.90. The number of aliphatic hydroxyl groups excluding tert-OH is 2. The predicted octanol–water partition coefficient (Wildman–Crippen LogP) is 2.70. The summed E-state index contributed by atoms with van der Waals surface area (Å²) < 4.78 is 5.69. The number of benzene rings is 2. The van der Waals surface area contributed by atoms with Crippen LogP contribution in [0, 0.1) is 17.8 Å². The Morgan fingerprint density at radius 2 is 1.33 bits per heavy atom. The molecule has 0 radical (unpaired) electrons. The highest BCUT2D eigenvalue weighted by Crippen LogP contribution is 2.20. The Bertz CT molecular complexity index is 2270. The van der Waals surface area contributed by atoms with Gasteiger partial charge in [-0.1, -0.05) is 110 Å². The second-order valence-electron chi connectivity index (χ2n) is 20.2. The number of carbonyl (C=O) groups is 8. The molecule has 2 aromatic carbocycles. The van der Waals surface area contributed by atoms with Gasteiger partial charge in [0.15, 0.2) is 0 Å². The lowest BCUT2D eigenvalue weighted by molar-refractivity contribution is -0.157. The number of carbonyl (C=O) groups excluding carboxylic acids is 8. The maximum absolute atomic E-state index is 13.9. The number of likely N-dealkylation sites (N-methyl/N-ethyl adjacent to an activating group) is 2. The Kier molecular flexibility index (Phi) is 26.0. The van der Waals surface area contributed by atoms with Gasteiger partial charge < -0.3 is 61.5 Å². The zero-order chi connectivity index (χ0) is 55.9. The molecule has 0 spiro atoms. The van der Waals surface area contributed by atoms with Crippen molar-refractivity contribution in [2.24, 2.45) is 17.8 Å². The molecule has 0 saturated carbocycles. The summed E-state index contributed by atoms with van der Waals surface area (Å²) in [5, 5.41) is 54.4. The molecule has 0 aromatic heterocycles. The number of ether oxygens (including phenoxy) is 1. The first-order valence-corrected chi connectivity index (χ1v) is 25.9. The third kappa shape index (κ3) is 20.4. The fourth-order valence-corrected chi connectivity index (χ4v) is 8.38. The van der Waals surface area contributed by atoms with E-state index in [4.69, 9.17) is 4.74 Å². The quantitative estimate of drug-likeness (QED) is 0.0373. The molecule has 0 saturated heterocycles. The Balaban J connectivity index is 1.74. The van der Waals surface area contributed by atoms with Crippen molar-refractivity contribution < 1.29 is 63.5 Å². The predicted molar refractivity (Wildman–Crippen MR) is 281 cm³/mol. The number of aliphatic hydroxyl groups is 2. The molecule has 2 aromatic rings. The highest BCUT2D eigenvalue weighted by atomic mass is 16.5. The molecule has 1 heterocycles. The summed E-state index contributed by atoms with van der Waals surface area (Å²) in [5.74, 6) is -6.79. The zero-order valence-corrected chi connectivity index (χ0v) is 44.9. The van der Waals surface area contributed by atoms with Gasteiger partial charge in [-0.3, -0.25) is 33.6 Å². The van der Waals surface area contributed by atoms with Crippen molar-refractivity contribution in [1.29, 1.82) is 0 Å². The average Bonchev–Trinajstić information content (AvgIpc) is 3.35. The summed E-state index contributed by atoms with van der Waals surface area (Å²) >= 11 is 0. The van der Waals surface area contributed by atoms with Gasteiger partial charge in [0.1, 0.15) is 48.3 Å². The van der Waals surface area contributed by atoms with E-state index < -0.39 is 127 Å². The first kappa shape index (κ1) is 62.5. The second-order valence-corrected chi connectivity index (χ2v) is 20.2. The van der Waals surface area contributed by atoms with Crippen molar-refractivity contribution >= 4 is 47.3 Å². The smallest absolute Gasteiger partial charge is 0.329 e. The fraction of sp³-hybridized carbons (Fsp3) is 0.564. The number of nitrogens with zero attached hydrogens (tertiary/aromatic N) is 2. The zero-order valence-electron chi connectivity index (χ0n) is 44.9. The number of hydrogen-bond donors (Lipinski definition) is 9. The molecule has 9 N–H and O–H groups in total. The minimum absolute atomic E-state index is 0.00180. The third-order valence-corrected chi connectivity index (χ3v) is 12.9. The van der Waals surface area contributed by atoms with Crippen LogP contribution in [0.3, 0.4) is 0 Å². The molecular weight excluding hydrogens is 967 g/mol. The van der Waals surface area contributed by atoms with Crippen LogP contribution >= 0.6 is 0 Å². The van der Waals surface area contributed by atoms with Crippen LogP contribution in [0.1, 0.15) is 105 Å². The molecule has 20 nitrogen and oxygen atoms in total. The molecule has 0 aliphatic carbocycles. The van der Waals surface area contributed by atoms with Gasteiger partial charge in [0, 0.05) is 39.4 Å². The monoisotopic (exact) mass is 1050 g/mol. The number of hydrogen-bond acceptors (Lipinski definition) is 13. The van der Waals surface area contributed by atoms with Crippen molar-refractivity contribution in [2.45, 2.75) is 155 Å². The molecular formula is C55H81N7O13. The van der Waals surface area contributed by atoms with Crippen molar-refractivity contribution in [3.63, 3.8) is 0 Å². The Hall–Kier alpha value is -6.80. The number of aromatic hydroxyl groups is 2. The summed E-state index contributed by atoms with van der Waals surface area (Å²) in [4.78, 5) is 112. The van der Waals surface area contributed by atoms with E-state index in [1.165, 1.54) is 54.2 Å². The molecule has 0 bridgehead atoms. The minimum atomic E-state index is -1.69. The van der Waals surface area contributed by atoms with Gasteiger partial charge in [0.25, 0.3) is 0 Å². The molecule has 1 aliphatic rings. The van der Waals surface area contributed by atoms with Crippen LogP contribution in [-0.4, -0.2) is 153 Å². The Morgan fingerprint density at radius 1 is 0.733 bits per heavy atom. The van der Waals surface area contributed by atoms with Crippen molar-refractivity contribution in [3.05, 3.63) is 84.0 Å². The normalized spacial score (nSPS) is 19.1. The van der Waals surface area contributed by atoms with E-state index in [2.05, 4.69) is 33.5 Å². The lowest BCUT2D eigenvalue weighted by Gasteiger charge is -2.36. The van der Waals surface area contributed by atoms with Gasteiger partial charge in [-0.25, -0.2) is 4.79 Å². The van der Waals surface area contributed by atoms with Crippen LogP contribution in [0.5, 0.6) is 11.5 Å². The lowest BCUT2D eigenvalue weighted by Crippen LogP contribution is -2.59. The van der Waals surface area contributed by atoms with E-state index in [0.717, 1.165) is 38.2 Å². The van der Waals surface area contributed by atoms with Crippen LogP contribution in [0.25, 0.3) is 0 Å². The summed E-state index contributed by atoms with van der Waals surface area (Å²) in [6.45, 7) is 11.0. The molecule has 75 heavy (non-hydrogen) atoms. The van der Waals surface area contributed by atoms with E-state index in [-0.39, 0.29) is 36.7 Å². The summed E-state index contributed by atoms with van der Waals surface area (Å²) in [6.07, 6.45) is 8.95. The second kappa shape index (κ2) is 31.2. The van der Waals surface area contributed by atoms with Crippen molar-refractivity contribution in [2.75, 3.05) is 27.3 Å². The Labute approximate surface area is 441 Å². The fourth-order valence-electron chi connectivity index (χ4n) is 8.38. The highest BCUT2D eigenvalue weighted by molar-refractivity contribution is 5.95. The van der Waals surface area contributed by atoms with Gasteiger partial charge in [-0.15, -0.1) is 0 Å². The number of phenolic OH excluding ortho intramolecular Hbond substituents is 2. The first-order chi connectivity index (χ1) is 35.5. The lowest BCUT2D eigenvalue weighted by atomic mass is 9.98.